The Morgan fingerprint density at radius 2 is 1.69 bits per heavy atom. The summed E-state index contributed by atoms with van der Waals surface area (Å²) in [6, 6.07) is 25.8. The first-order valence-corrected chi connectivity index (χ1v) is 11.0. The van der Waals surface area contributed by atoms with E-state index in [1.165, 1.54) is 0 Å². The molecule has 1 unspecified atom stereocenters. The van der Waals surface area contributed by atoms with Crippen LogP contribution < -0.4 is 10.6 Å². The average Bonchev–Trinajstić information content (AvgIpc) is 3.28. The molecule has 0 saturated carbocycles. The highest BCUT2D eigenvalue weighted by atomic mass is 16.5. The van der Waals surface area contributed by atoms with Gasteiger partial charge in [-0.3, -0.25) is 9.88 Å². The lowest BCUT2D eigenvalue weighted by Crippen LogP contribution is -2.40. The van der Waals surface area contributed by atoms with Crippen molar-refractivity contribution in [2.24, 2.45) is 0 Å². The first kappa shape index (κ1) is 23.4. The van der Waals surface area contributed by atoms with Crippen LogP contribution in [0.4, 0.5) is 10.5 Å². The Morgan fingerprint density at radius 1 is 1.03 bits per heavy atom. The Kier molecular flexibility index (Phi) is 9.22. The number of aryl methyl sites for hydroxylation is 1. The van der Waals surface area contributed by atoms with Crippen molar-refractivity contribution in [1.82, 2.24) is 15.2 Å². The third kappa shape index (κ3) is 7.48. The fraction of sp³-hybridized carbons (Fsp3) is 0.308. The number of aromatic nitrogens is 1. The lowest BCUT2D eigenvalue weighted by Gasteiger charge is -2.17. The van der Waals surface area contributed by atoms with Gasteiger partial charge in [0.25, 0.3) is 0 Å². The maximum Gasteiger partial charge on any atom is 0.319 e. The molecule has 2 heterocycles. The van der Waals surface area contributed by atoms with Crippen LogP contribution in [-0.4, -0.2) is 55.3 Å². The number of hydrogen-bond acceptors (Lipinski definition) is 4. The van der Waals surface area contributed by atoms with Gasteiger partial charge in [-0.15, -0.1) is 0 Å². The molecule has 1 saturated heterocycles. The molecule has 4 rings (SSSR count). The zero-order valence-electron chi connectivity index (χ0n) is 18.8. The van der Waals surface area contributed by atoms with Crippen molar-refractivity contribution in [2.45, 2.75) is 19.4 Å². The molecule has 32 heavy (non-hydrogen) atoms. The van der Waals surface area contributed by atoms with Gasteiger partial charge in [0.1, 0.15) is 0 Å². The first-order valence-electron chi connectivity index (χ1n) is 11.0. The van der Waals surface area contributed by atoms with E-state index in [1.54, 1.807) is 7.11 Å². The smallest absolute Gasteiger partial charge is 0.319 e. The molecule has 6 heteroatoms. The van der Waals surface area contributed by atoms with Gasteiger partial charge in [-0.2, -0.15) is 0 Å². The van der Waals surface area contributed by atoms with Gasteiger partial charge < -0.3 is 15.4 Å². The summed E-state index contributed by atoms with van der Waals surface area (Å²) in [7, 11) is 1.71. The van der Waals surface area contributed by atoms with Crippen LogP contribution in [0.2, 0.25) is 0 Å². The summed E-state index contributed by atoms with van der Waals surface area (Å²) in [4.78, 5) is 19.2. The van der Waals surface area contributed by atoms with Gasteiger partial charge in [-0.25, -0.2) is 4.79 Å². The monoisotopic (exact) mass is 432 g/mol. The molecule has 0 aliphatic carbocycles. The molecule has 1 aromatic heterocycles. The predicted molar refractivity (Wildman–Crippen MR) is 130 cm³/mol. The quantitative estimate of drug-likeness (QED) is 0.598. The van der Waals surface area contributed by atoms with Crippen LogP contribution in [0.25, 0.3) is 11.3 Å². The Hall–Kier alpha value is -3.22. The lowest BCUT2D eigenvalue weighted by molar-refractivity contribution is 0.160. The number of methoxy groups -OCH3 is 1. The minimum atomic E-state index is -0.180. The molecule has 0 bridgehead atoms. The molecule has 6 nitrogen and oxygen atoms in total. The molecule has 2 aromatic carbocycles. The number of amides is 2. The van der Waals surface area contributed by atoms with Crippen molar-refractivity contribution in [2.75, 3.05) is 38.7 Å². The molecule has 2 amide bonds. The third-order valence-corrected chi connectivity index (χ3v) is 5.29. The number of likely N-dealkylation sites (tertiary alicyclic amines) is 1. The second-order valence-corrected chi connectivity index (χ2v) is 7.73. The highest BCUT2D eigenvalue weighted by Crippen LogP contribution is 2.21. The molecule has 168 valence electrons. The maximum atomic E-state index is 12.3. The van der Waals surface area contributed by atoms with Crippen LogP contribution >= 0.6 is 0 Å². The van der Waals surface area contributed by atoms with E-state index in [0.29, 0.717) is 0 Å². The first-order chi connectivity index (χ1) is 15.7. The molecular formula is C26H32N4O2. The number of pyridine rings is 1. The molecule has 2 N–H and O–H groups in total. The van der Waals surface area contributed by atoms with Crippen LogP contribution in [0.1, 0.15) is 12.1 Å². The van der Waals surface area contributed by atoms with Crippen molar-refractivity contribution in [3.63, 3.8) is 0 Å². The number of carbonyl (C=O) groups excluding carboxylic acids is 1. The van der Waals surface area contributed by atoms with Gasteiger partial charge in [0.15, 0.2) is 0 Å². The highest BCUT2D eigenvalue weighted by molar-refractivity contribution is 5.90. The minimum absolute atomic E-state index is 0.170. The molecule has 1 aliphatic heterocycles. The zero-order valence-corrected chi connectivity index (χ0v) is 18.8. The van der Waals surface area contributed by atoms with E-state index < -0.39 is 0 Å². The normalized spacial score (nSPS) is 15.5. The van der Waals surface area contributed by atoms with E-state index >= 15 is 0 Å². The second kappa shape index (κ2) is 12.6. The standard InChI is InChI=1S/C20H26N4O2.C6H6/c1-15-18(8-9-19(21-15)16-6-4-3-5-7-16)23-20(25)22-17-10-11-24(14-17)12-13-26-2;1-2-4-6-5-3-1/h3-9,17H,10-14H2,1-2H3,(H2,22,23,25);1-6H. The number of urea groups is 1. The minimum Gasteiger partial charge on any atom is -0.383 e. The zero-order chi connectivity index (χ0) is 22.6. The predicted octanol–water partition coefficient (Wildman–Crippen LogP) is 4.59. The van der Waals surface area contributed by atoms with E-state index in [0.717, 1.165) is 55.3 Å². The Balaban J connectivity index is 0.000000416. The summed E-state index contributed by atoms with van der Waals surface area (Å²) < 4.78 is 5.11. The van der Waals surface area contributed by atoms with E-state index in [-0.39, 0.29) is 12.1 Å². The van der Waals surface area contributed by atoms with Crippen LogP contribution in [0, 0.1) is 6.92 Å². The summed E-state index contributed by atoms with van der Waals surface area (Å²) in [6.45, 7) is 5.38. The van der Waals surface area contributed by atoms with Crippen molar-refractivity contribution >= 4 is 11.7 Å². The summed E-state index contributed by atoms with van der Waals surface area (Å²) >= 11 is 0. The SMILES string of the molecule is COCCN1CCC(NC(=O)Nc2ccc(-c3ccccc3)nc2C)C1.c1ccccc1. The van der Waals surface area contributed by atoms with E-state index in [2.05, 4.69) is 20.5 Å². The maximum absolute atomic E-state index is 12.3. The number of benzene rings is 2. The van der Waals surface area contributed by atoms with Gasteiger partial charge >= 0.3 is 6.03 Å². The molecule has 3 aromatic rings. The number of hydrogen-bond donors (Lipinski definition) is 2. The summed E-state index contributed by atoms with van der Waals surface area (Å²) in [5, 5.41) is 5.96. The fourth-order valence-corrected chi connectivity index (χ4v) is 3.57. The van der Waals surface area contributed by atoms with E-state index in [9.17, 15) is 4.79 Å². The van der Waals surface area contributed by atoms with Crippen LogP contribution in [0.5, 0.6) is 0 Å². The summed E-state index contributed by atoms with van der Waals surface area (Å²) in [6.07, 6.45) is 0.960. The molecule has 1 atom stereocenters. The van der Waals surface area contributed by atoms with Gasteiger partial charge in [-0.1, -0.05) is 66.7 Å². The Labute approximate surface area is 190 Å². The van der Waals surface area contributed by atoms with Crippen LogP contribution in [-0.2, 0) is 4.74 Å². The Bertz CT molecular complexity index is 924. The van der Waals surface area contributed by atoms with Gasteiger partial charge in [-0.05, 0) is 25.5 Å². The van der Waals surface area contributed by atoms with Crippen molar-refractivity contribution < 1.29 is 9.53 Å². The summed E-state index contributed by atoms with van der Waals surface area (Å²) in [5.41, 5.74) is 3.50. The number of nitrogens with one attached hydrogen (secondary N) is 2. The van der Waals surface area contributed by atoms with Gasteiger partial charge in [0.05, 0.1) is 23.7 Å². The third-order valence-electron chi connectivity index (χ3n) is 5.29. The number of nitrogens with zero attached hydrogens (tertiary/aromatic N) is 2. The summed E-state index contributed by atoms with van der Waals surface area (Å²) in [5.74, 6) is 0. The highest BCUT2D eigenvalue weighted by Gasteiger charge is 2.23. The van der Waals surface area contributed by atoms with Gasteiger partial charge in [0.2, 0.25) is 0 Å². The number of carbonyl (C=O) groups is 1. The van der Waals surface area contributed by atoms with Crippen molar-refractivity contribution in [3.8, 4) is 11.3 Å². The molecular weight excluding hydrogens is 400 g/mol. The van der Waals surface area contributed by atoms with E-state index in [1.807, 2.05) is 85.8 Å². The van der Waals surface area contributed by atoms with Crippen LogP contribution in [0.3, 0.4) is 0 Å². The average molecular weight is 433 g/mol. The molecule has 1 aliphatic rings. The number of ether oxygens (including phenoxy) is 1. The van der Waals surface area contributed by atoms with Gasteiger partial charge in [0, 0.05) is 38.3 Å². The number of rotatable bonds is 6. The molecule has 0 spiro atoms. The fourth-order valence-electron chi connectivity index (χ4n) is 3.57. The van der Waals surface area contributed by atoms with Crippen LogP contribution in [0.15, 0.2) is 78.9 Å². The van der Waals surface area contributed by atoms with E-state index in [4.69, 9.17) is 4.74 Å². The molecule has 1 fully saturated rings. The lowest BCUT2D eigenvalue weighted by atomic mass is 10.1. The van der Waals surface area contributed by atoms with Crippen molar-refractivity contribution in [3.05, 3.63) is 84.6 Å². The topological polar surface area (TPSA) is 66.5 Å². The Morgan fingerprint density at radius 3 is 2.31 bits per heavy atom. The molecule has 0 radical (unpaired) electrons. The van der Waals surface area contributed by atoms with Crippen molar-refractivity contribution in [1.29, 1.82) is 0 Å². The number of anilines is 1. The second-order valence-electron chi connectivity index (χ2n) is 7.73. The largest absolute Gasteiger partial charge is 0.383 e.